The average molecular weight is 1510 g/mol. The molecule has 3 heterocycles. The van der Waals surface area contributed by atoms with Gasteiger partial charge in [-0.15, -0.1) is 0 Å². The van der Waals surface area contributed by atoms with E-state index in [1.54, 1.807) is 27.7 Å². The number of carbonyl (C=O) groups excluding carboxylic acids is 9. The lowest BCUT2D eigenvalue weighted by atomic mass is 9.86. The Hall–Kier alpha value is -5.29. The second kappa shape index (κ2) is 54.3. The van der Waals surface area contributed by atoms with Crippen molar-refractivity contribution in [2.24, 2.45) is 17.8 Å². The second-order valence-corrected chi connectivity index (χ2v) is 25.2. The molecule has 39 heteroatoms. The smallest absolute Gasteiger partial charge is 0.249 e. The normalized spacial score (nSPS) is 25.3. The van der Waals surface area contributed by atoms with E-state index in [0.717, 1.165) is 0 Å². The van der Waals surface area contributed by atoms with Crippen molar-refractivity contribution in [3.05, 3.63) is 0 Å². The number of unbranched alkanes of at least 4 members (excludes halogenated alkanes) is 3. The topological polar surface area (TPSA) is 538 Å². The van der Waals surface area contributed by atoms with E-state index >= 15 is 0 Å². The zero-order chi connectivity index (χ0) is 76.8. The number of aliphatic hydroxyl groups is 8. The van der Waals surface area contributed by atoms with E-state index in [2.05, 4.69) is 37.2 Å². The predicted octanol–water partition coefficient (Wildman–Crippen LogP) is -5.78. The fraction of sp³-hybridized carbons (Fsp3) is 0.862. The zero-order valence-corrected chi connectivity index (χ0v) is 60.4. The Morgan fingerprint density at radius 1 is 0.404 bits per heavy atom. The molecule has 3 fully saturated rings. The Bertz CT molecular complexity index is 2460. The molecule has 0 bridgehead atoms. The molecule has 3 aliphatic heterocycles. The monoisotopic (exact) mass is 1510 g/mol. The van der Waals surface area contributed by atoms with Crippen molar-refractivity contribution in [3.8, 4) is 0 Å². The van der Waals surface area contributed by atoms with Crippen LogP contribution in [0.5, 0.6) is 0 Å². The lowest BCUT2D eigenvalue weighted by Gasteiger charge is -2.42. The molecule has 8 amide bonds. The van der Waals surface area contributed by atoms with Crippen molar-refractivity contribution in [1.82, 2.24) is 37.2 Å². The molecule has 104 heavy (non-hydrogen) atoms. The molecule has 39 nitrogen and oxygen atoms in total. The number of Topliss-reactive ketones (excluding diaryl/α,β-unsaturated/α-hetero) is 1. The number of ether oxygens (including phenoxy) is 15. The number of amides is 8. The highest BCUT2D eigenvalue weighted by atomic mass is 16.8. The second-order valence-electron chi connectivity index (χ2n) is 25.2. The molecule has 3 saturated heterocycles. The summed E-state index contributed by atoms with van der Waals surface area (Å²) in [7, 11) is 0. The van der Waals surface area contributed by atoms with E-state index in [1.165, 1.54) is 13.8 Å². The number of ketones is 1. The summed E-state index contributed by atoms with van der Waals surface area (Å²) in [5, 5.41) is 98.3. The van der Waals surface area contributed by atoms with Gasteiger partial charge in [-0.3, -0.25) is 48.5 Å². The van der Waals surface area contributed by atoms with Gasteiger partial charge in [0, 0.05) is 57.5 Å². The zero-order valence-electron chi connectivity index (χ0n) is 60.4. The van der Waals surface area contributed by atoms with Crippen molar-refractivity contribution in [1.29, 1.82) is 0 Å². The van der Waals surface area contributed by atoms with Crippen molar-refractivity contribution in [2.45, 2.75) is 198 Å². The third-order valence-electron chi connectivity index (χ3n) is 16.5. The van der Waals surface area contributed by atoms with Gasteiger partial charge in [0.1, 0.15) is 114 Å². The van der Waals surface area contributed by atoms with E-state index in [9.17, 15) is 84.0 Å². The fourth-order valence-electron chi connectivity index (χ4n) is 10.5. The highest BCUT2D eigenvalue weighted by Gasteiger charge is 2.47. The first-order chi connectivity index (χ1) is 49.8. The van der Waals surface area contributed by atoms with Gasteiger partial charge in [0.05, 0.1) is 98.1 Å². The van der Waals surface area contributed by atoms with Crippen LogP contribution in [-0.4, -0.2) is 332 Å². The highest BCUT2D eigenvalue weighted by Crippen LogP contribution is 2.31. The van der Waals surface area contributed by atoms with Gasteiger partial charge in [-0.25, -0.2) is 0 Å². The molecule has 3 aliphatic rings. The van der Waals surface area contributed by atoms with Gasteiger partial charge in [-0.05, 0) is 51.4 Å². The molecule has 602 valence electrons. The van der Waals surface area contributed by atoms with Gasteiger partial charge < -0.3 is 144 Å². The number of aliphatic hydroxyl groups excluding tert-OH is 8. The summed E-state index contributed by atoms with van der Waals surface area (Å²) >= 11 is 0. The Kier molecular flexibility index (Phi) is 48.5. The molecule has 17 unspecified atom stereocenters. The van der Waals surface area contributed by atoms with Crippen molar-refractivity contribution in [3.63, 3.8) is 0 Å². The van der Waals surface area contributed by atoms with Crippen LogP contribution in [0.15, 0.2) is 0 Å². The molecule has 0 aliphatic carbocycles. The van der Waals surface area contributed by atoms with Crippen LogP contribution < -0.4 is 37.2 Å². The third-order valence-corrected chi connectivity index (χ3v) is 16.5. The molecule has 0 saturated carbocycles. The minimum Gasteiger partial charge on any atom is -0.394 e. The molecule has 0 spiro atoms. The maximum Gasteiger partial charge on any atom is 0.249 e. The molecule has 3 rings (SSSR count). The van der Waals surface area contributed by atoms with Gasteiger partial charge >= 0.3 is 0 Å². The van der Waals surface area contributed by atoms with Crippen molar-refractivity contribution in [2.75, 3.05) is 146 Å². The number of hydrogen-bond donors (Lipinski definition) is 15. The Labute approximate surface area is 604 Å². The summed E-state index contributed by atoms with van der Waals surface area (Å²) < 4.78 is 82.0. The molecule has 15 N–H and O–H groups in total. The summed E-state index contributed by atoms with van der Waals surface area (Å²) in [5.41, 5.74) is 0. The van der Waals surface area contributed by atoms with E-state index in [-0.39, 0.29) is 182 Å². The van der Waals surface area contributed by atoms with E-state index in [1.807, 2.05) is 0 Å². The number of carbonyl (C=O) groups is 9. The Balaban J connectivity index is 1.52. The minimum atomic E-state index is -1.50. The van der Waals surface area contributed by atoms with Crippen molar-refractivity contribution >= 4 is 53.0 Å². The number of imide groups is 1. The van der Waals surface area contributed by atoms with Crippen LogP contribution in [0.4, 0.5) is 0 Å². The fourth-order valence-corrected chi connectivity index (χ4v) is 10.5. The summed E-state index contributed by atoms with van der Waals surface area (Å²) in [5.74, 6) is -5.79. The first-order valence-corrected chi connectivity index (χ1v) is 35.1. The maximum absolute atomic E-state index is 14.2. The molecule has 0 aromatic carbocycles. The van der Waals surface area contributed by atoms with Crippen LogP contribution in [0, 0.1) is 17.8 Å². The van der Waals surface area contributed by atoms with Gasteiger partial charge in [-0.1, -0.05) is 27.7 Å². The SMILES string of the molecule is CC(=O)NC1C(OCCOCCOCCOCC(=O)NC(CCCCNC(=O)COCOCCOCOC2OC(CO)C(O)C(O)C2NC(C)=O)C(=O)NC(CCCCNC(=O)COCOCCOCOC2OC(CO)C(C)C(O)C2C)C(=O)NC(=O)CCCCC(=O)C(C)C)OC(CO)C(O)C1O. The largest absolute Gasteiger partial charge is 0.394 e. The minimum absolute atomic E-state index is 0.00641. The summed E-state index contributed by atoms with van der Waals surface area (Å²) in [6, 6.07) is -4.86. The first-order valence-electron chi connectivity index (χ1n) is 35.1. The quantitative estimate of drug-likeness (QED) is 0.0199. The summed E-state index contributed by atoms with van der Waals surface area (Å²) in [4.78, 5) is 115. The Morgan fingerprint density at radius 3 is 1.32 bits per heavy atom. The third kappa shape index (κ3) is 37.5. The standard InChI is InChI=1S/C65H115N7O32/c1-39(2)46(78)15-7-8-16-50(79)72-62(89)45(14-10-12-18-67-52(81)33-97-35-93-23-25-95-37-100-63-41(4)56(83)40(3)47(29-73)102-63)71-61(88)44(70-53(82)34-92-22-21-90-19-20-91-27-28-99-64-54(68-42(5)76)59(86)57(84)48(30-74)103-64)13-9-11-17-66-51(80)32-98-36-94-24-26-96-38-101-65-55(69-43(6)77)60(87)58(85)49(31-75)104-65/h39-41,44-45,47-49,54-60,63-65,73-75,83-87H,7-38H2,1-6H3,(H,66,80)(H,67,81)(H,68,76)(H,69,77)(H,70,82)(H,71,88)(H,72,79,89). The van der Waals surface area contributed by atoms with Crippen molar-refractivity contribution < 1.29 is 155 Å². The van der Waals surface area contributed by atoms with Gasteiger partial charge in [0.2, 0.25) is 47.3 Å². The maximum atomic E-state index is 14.2. The van der Waals surface area contributed by atoms with Crippen LogP contribution in [-0.2, 0) is 114 Å². The first kappa shape index (κ1) is 92.9. The summed E-state index contributed by atoms with van der Waals surface area (Å²) in [6.45, 7) is 6.15. The van der Waals surface area contributed by atoms with E-state index in [0.29, 0.717) is 25.7 Å². The molecule has 0 aromatic rings. The van der Waals surface area contributed by atoms with Crippen LogP contribution in [0.25, 0.3) is 0 Å². The number of nitrogens with one attached hydrogen (secondary N) is 7. The number of rotatable bonds is 57. The average Bonchev–Trinajstić information content (AvgIpc) is 0.936. The van der Waals surface area contributed by atoms with Crippen LogP contribution in [0.1, 0.15) is 106 Å². The lowest BCUT2D eigenvalue weighted by Crippen LogP contribution is -2.64. The van der Waals surface area contributed by atoms with Gasteiger partial charge in [0.15, 0.2) is 18.9 Å². The van der Waals surface area contributed by atoms with E-state index < -0.39 is 166 Å². The molecular formula is C65H115N7O32. The van der Waals surface area contributed by atoms with Crippen LogP contribution in [0.2, 0.25) is 0 Å². The van der Waals surface area contributed by atoms with E-state index in [4.69, 9.17) is 71.1 Å². The van der Waals surface area contributed by atoms with Gasteiger partial charge in [0.25, 0.3) is 0 Å². The van der Waals surface area contributed by atoms with Gasteiger partial charge in [-0.2, -0.15) is 0 Å². The predicted molar refractivity (Wildman–Crippen MR) is 356 cm³/mol. The van der Waals surface area contributed by atoms with Crippen LogP contribution >= 0.6 is 0 Å². The molecular weight excluding hydrogens is 1390 g/mol. The molecule has 17 atom stereocenters. The lowest BCUT2D eigenvalue weighted by molar-refractivity contribution is -0.289. The Morgan fingerprint density at radius 2 is 0.827 bits per heavy atom. The number of hydrogen-bond acceptors (Lipinski definition) is 32. The highest BCUT2D eigenvalue weighted by molar-refractivity contribution is 6.00. The van der Waals surface area contributed by atoms with Crippen LogP contribution in [0.3, 0.4) is 0 Å². The molecule has 0 radical (unpaired) electrons. The molecule has 0 aromatic heterocycles. The summed E-state index contributed by atoms with van der Waals surface area (Å²) in [6.07, 6.45) is -10.9.